The van der Waals surface area contributed by atoms with Gasteiger partial charge in [-0.05, 0) is 116 Å². The largest absolute Gasteiger partial charge is 0.327 e. The zero-order valence-corrected chi connectivity index (χ0v) is 29.2. The van der Waals surface area contributed by atoms with Gasteiger partial charge in [0.2, 0.25) is 5.96 Å². The van der Waals surface area contributed by atoms with Gasteiger partial charge in [0.25, 0.3) is 0 Å². The van der Waals surface area contributed by atoms with Gasteiger partial charge in [0, 0.05) is 38.6 Å². The van der Waals surface area contributed by atoms with E-state index < -0.39 is 0 Å². The van der Waals surface area contributed by atoms with E-state index in [-0.39, 0.29) is 22.2 Å². The van der Waals surface area contributed by atoms with Gasteiger partial charge in [-0.3, -0.25) is 0 Å². The van der Waals surface area contributed by atoms with E-state index in [0.29, 0.717) is 0 Å². The topological polar surface area (TPSA) is 28.7 Å². The molecule has 1 saturated heterocycles. The molecule has 48 heavy (non-hydrogen) atoms. The second-order valence-corrected chi connectivity index (χ2v) is 15.8. The lowest BCUT2D eigenvalue weighted by Crippen LogP contribution is -2.62. The Morgan fingerprint density at radius 1 is 0.417 bits per heavy atom. The Bertz CT molecular complexity index is 2420. The molecule has 2 aromatic heterocycles. The summed E-state index contributed by atoms with van der Waals surface area (Å²) in [4.78, 5) is 10.5. The van der Waals surface area contributed by atoms with Crippen LogP contribution in [0.2, 0.25) is 0 Å². The standard InChI is InChI=1S/C43H43N5/c1-40(2)41(3,4)48-39(44-40)47(42(5,6)43(48,7)8)30-23-25-38-34(27-30)33-26-29(22-24-37(33)45(38)28-16-10-9-11-17-28)46-35-20-14-12-18-31(35)32-19-13-15-21-36(32)46/h9-27H,1-8H3. The Hall–Kier alpha value is -5.03. The van der Waals surface area contributed by atoms with Crippen molar-refractivity contribution in [2.24, 2.45) is 4.99 Å². The van der Waals surface area contributed by atoms with E-state index in [1.54, 1.807) is 0 Å². The number of nitrogens with zero attached hydrogens (tertiary/aromatic N) is 5. The van der Waals surface area contributed by atoms with Crippen LogP contribution in [0.4, 0.5) is 5.69 Å². The molecule has 5 nitrogen and oxygen atoms in total. The summed E-state index contributed by atoms with van der Waals surface area (Å²) in [7, 11) is 0. The molecule has 0 bridgehead atoms. The number of hydrogen-bond donors (Lipinski definition) is 0. The van der Waals surface area contributed by atoms with Crippen LogP contribution in [0, 0.1) is 0 Å². The predicted octanol–water partition coefficient (Wildman–Crippen LogP) is 10.5. The highest BCUT2D eigenvalue weighted by molar-refractivity contribution is 6.14. The lowest BCUT2D eigenvalue weighted by Gasteiger charge is -2.50. The van der Waals surface area contributed by atoms with Crippen LogP contribution < -0.4 is 4.90 Å². The van der Waals surface area contributed by atoms with Crippen LogP contribution in [0.25, 0.3) is 55.0 Å². The van der Waals surface area contributed by atoms with Gasteiger partial charge in [0.05, 0.1) is 44.2 Å². The number of para-hydroxylation sites is 3. The number of aromatic nitrogens is 2. The number of anilines is 1. The molecule has 0 aliphatic carbocycles. The van der Waals surface area contributed by atoms with Crippen molar-refractivity contribution in [1.29, 1.82) is 0 Å². The maximum Gasteiger partial charge on any atom is 0.203 e. The molecule has 240 valence electrons. The van der Waals surface area contributed by atoms with Crippen LogP contribution >= 0.6 is 0 Å². The highest BCUT2D eigenvalue weighted by Gasteiger charge is 2.65. The van der Waals surface area contributed by atoms with Crippen molar-refractivity contribution in [3.63, 3.8) is 0 Å². The second-order valence-electron chi connectivity index (χ2n) is 15.8. The summed E-state index contributed by atoms with van der Waals surface area (Å²) in [5, 5.41) is 5.01. The van der Waals surface area contributed by atoms with Gasteiger partial charge in [0.1, 0.15) is 0 Å². The van der Waals surface area contributed by atoms with Crippen molar-refractivity contribution in [3.05, 3.63) is 115 Å². The van der Waals surface area contributed by atoms with E-state index in [1.165, 1.54) is 49.3 Å². The SMILES string of the molecule is CC1(C)N=C2N(c3ccc4c(c3)c3cc(-n5c6ccccc6c6ccccc65)ccc3n4-c3ccccc3)C(C)(C)C(C)(C)N2C1(C)C. The maximum absolute atomic E-state index is 5.45. The molecule has 5 aromatic carbocycles. The normalized spacial score (nSPS) is 19.1. The number of fused-ring (bicyclic) bond motifs is 7. The maximum atomic E-state index is 5.45. The van der Waals surface area contributed by atoms with Gasteiger partial charge in [-0.1, -0.05) is 54.6 Å². The summed E-state index contributed by atoms with van der Waals surface area (Å²) in [6.07, 6.45) is 0. The van der Waals surface area contributed by atoms with Crippen molar-refractivity contribution < 1.29 is 0 Å². The van der Waals surface area contributed by atoms with Gasteiger partial charge < -0.3 is 18.9 Å². The third-order valence-corrected chi connectivity index (χ3v) is 12.3. The summed E-state index contributed by atoms with van der Waals surface area (Å²) < 4.78 is 4.83. The Balaban J connectivity index is 1.33. The molecule has 1 fully saturated rings. The summed E-state index contributed by atoms with van der Waals surface area (Å²) in [5.41, 5.74) is 7.60. The Morgan fingerprint density at radius 3 is 1.50 bits per heavy atom. The van der Waals surface area contributed by atoms with Crippen molar-refractivity contribution in [2.75, 3.05) is 4.90 Å². The first-order valence-electron chi connectivity index (χ1n) is 17.2. The van der Waals surface area contributed by atoms with Gasteiger partial charge in [0.15, 0.2) is 0 Å². The number of hydrogen-bond acceptors (Lipinski definition) is 3. The molecule has 0 spiro atoms. The highest BCUT2D eigenvalue weighted by atomic mass is 15.6. The van der Waals surface area contributed by atoms with Crippen LogP contribution in [0.15, 0.2) is 120 Å². The Morgan fingerprint density at radius 2 is 0.896 bits per heavy atom. The molecule has 0 radical (unpaired) electrons. The summed E-state index contributed by atoms with van der Waals surface area (Å²) in [6.45, 7) is 18.7. The van der Waals surface area contributed by atoms with E-state index in [9.17, 15) is 0 Å². The van der Waals surface area contributed by atoms with Gasteiger partial charge >= 0.3 is 0 Å². The van der Waals surface area contributed by atoms with Gasteiger partial charge in [-0.15, -0.1) is 0 Å². The fraction of sp³-hybridized carbons (Fsp3) is 0.279. The first-order chi connectivity index (χ1) is 22.8. The van der Waals surface area contributed by atoms with Crippen molar-refractivity contribution in [1.82, 2.24) is 14.0 Å². The number of guanidine groups is 1. The Labute approximate surface area is 282 Å². The van der Waals surface area contributed by atoms with Crippen LogP contribution in [-0.2, 0) is 0 Å². The summed E-state index contributed by atoms with van der Waals surface area (Å²) >= 11 is 0. The zero-order valence-electron chi connectivity index (χ0n) is 29.2. The minimum Gasteiger partial charge on any atom is -0.327 e. The van der Waals surface area contributed by atoms with E-state index in [4.69, 9.17) is 4.99 Å². The molecule has 2 aliphatic rings. The average Bonchev–Trinajstić information content (AvgIpc) is 3.67. The first-order valence-corrected chi connectivity index (χ1v) is 17.2. The molecular formula is C43H43N5. The number of rotatable bonds is 3. The van der Waals surface area contributed by atoms with E-state index in [0.717, 1.165) is 17.3 Å². The lowest BCUT2D eigenvalue weighted by atomic mass is 9.76. The minimum atomic E-state index is -0.223. The summed E-state index contributed by atoms with van der Waals surface area (Å²) in [6, 6.07) is 42.2. The molecule has 9 rings (SSSR count). The van der Waals surface area contributed by atoms with Crippen molar-refractivity contribution in [2.45, 2.75) is 77.5 Å². The smallest absolute Gasteiger partial charge is 0.203 e. The summed E-state index contributed by atoms with van der Waals surface area (Å²) in [5.74, 6) is 1.07. The van der Waals surface area contributed by atoms with Gasteiger partial charge in [-0.2, -0.15) is 0 Å². The molecule has 7 aromatic rings. The lowest BCUT2D eigenvalue weighted by molar-refractivity contribution is 0.0529. The monoisotopic (exact) mass is 629 g/mol. The molecular weight excluding hydrogens is 587 g/mol. The van der Waals surface area contributed by atoms with Crippen molar-refractivity contribution >= 4 is 55.3 Å². The third-order valence-electron chi connectivity index (χ3n) is 12.3. The number of aliphatic imine (C=N–C) groups is 1. The fourth-order valence-corrected chi connectivity index (χ4v) is 8.63. The van der Waals surface area contributed by atoms with E-state index >= 15 is 0 Å². The highest BCUT2D eigenvalue weighted by Crippen LogP contribution is 2.54. The average molecular weight is 630 g/mol. The fourth-order valence-electron chi connectivity index (χ4n) is 8.63. The Kier molecular flexibility index (Phi) is 5.65. The van der Waals surface area contributed by atoms with E-state index in [2.05, 4.69) is 190 Å². The van der Waals surface area contributed by atoms with Crippen LogP contribution in [0.3, 0.4) is 0 Å². The molecule has 0 N–H and O–H groups in total. The molecule has 2 aliphatic heterocycles. The molecule has 4 heterocycles. The van der Waals surface area contributed by atoms with Crippen LogP contribution in [0.5, 0.6) is 0 Å². The van der Waals surface area contributed by atoms with E-state index in [1.807, 2.05) is 0 Å². The second kappa shape index (κ2) is 9.31. The molecule has 0 unspecified atom stereocenters. The molecule has 0 atom stereocenters. The molecule has 5 heteroatoms. The minimum absolute atomic E-state index is 0.136. The number of benzene rings is 5. The van der Waals surface area contributed by atoms with Gasteiger partial charge in [-0.25, -0.2) is 4.99 Å². The quantitative estimate of drug-likeness (QED) is 0.195. The molecule has 0 saturated carbocycles. The third kappa shape index (κ3) is 3.54. The van der Waals surface area contributed by atoms with Crippen molar-refractivity contribution in [3.8, 4) is 11.4 Å². The zero-order chi connectivity index (χ0) is 33.4. The first kappa shape index (κ1) is 29.1. The van der Waals surface area contributed by atoms with Crippen LogP contribution in [-0.4, -0.2) is 42.1 Å². The van der Waals surface area contributed by atoms with Crippen LogP contribution in [0.1, 0.15) is 55.4 Å². The molecule has 0 amide bonds. The predicted molar refractivity (Wildman–Crippen MR) is 203 cm³/mol.